The molecular formula is C10H14N2O2. The lowest BCUT2D eigenvalue weighted by Crippen LogP contribution is -2.25. The highest BCUT2D eigenvalue weighted by molar-refractivity contribution is 5.76. The minimum atomic E-state index is -0.872. The van der Waals surface area contributed by atoms with Crippen LogP contribution in [0.1, 0.15) is 12.5 Å². The van der Waals surface area contributed by atoms with E-state index >= 15 is 0 Å². The van der Waals surface area contributed by atoms with E-state index in [1.165, 1.54) is 0 Å². The summed E-state index contributed by atoms with van der Waals surface area (Å²) in [5.74, 6) is -0.872. The number of carboxylic acids is 1. The van der Waals surface area contributed by atoms with Crippen LogP contribution >= 0.6 is 0 Å². The summed E-state index contributed by atoms with van der Waals surface area (Å²) in [6, 6.07) is 6.82. The SMILES string of the molecule is C[C@H](Nc1cccc(CN)c1)C(=O)O. The fourth-order valence-electron chi connectivity index (χ4n) is 1.10. The molecule has 0 amide bonds. The lowest BCUT2D eigenvalue weighted by atomic mass is 10.2. The molecule has 0 saturated heterocycles. The Kier molecular flexibility index (Phi) is 3.48. The van der Waals surface area contributed by atoms with Gasteiger partial charge in [-0.25, -0.2) is 0 Å². The van der Waals surface area contributed by atoms with Gasteiger partial charge in [0, 0.05) is 12.2 Å². The summed E-state index contributed by atoms with van der Waals surface area (Å²) in [4.78, 5) is 10.6. The Balaban J connectivity index is 2.71. The number of nitrogens with two attached hydrogens (primary N) is 1. The van der Waals surface area contributed by atoms with Gasteiger partial charge in [0.25, 0.3) is 0 Å². The maximum Gasteiger partial charge on any atom is 0.325 e. The number of carbonyl (C=O) groups is 1. The fraction of sp³-hybridized carbons (Fsp3) is 0.300. The standard InChI is InChI=1S/C10H14N2O2/c1-7(10(13)14)12-9-4-2-3-8(5-9)6-11/h2-5,7,12H,6,11H2,1H3,(H,13,14)/t7-/m0/s1. The number of carboxylic acid groups (broad SMARTS) is 1. The van der Waals surface area contributed by atoms with Gasteiger partial charge in [-0.3, -0.25) is 4.79 Å². The molecule has 1 aromatic rings. The van der Waals surface area contributed by atoms with Gasteiger partial charge in [-0.1, -0.05) is 12.1 Å². The lowest BCUT2D eigenvalue weighted by molar-refractivity contribution is -0.137. The summed E-state index contributed by atoms with van der Waals surface area (Å²) in [6.45, 7) is 2.05. The van der Waals surface area contributed by atoms with E-state index < -0.39 is 12.0 Å². The zero-order chi connectivity index (χ0) is 10.6. The smallest absolute Gasteiger partial charge is 0.325 e. The molecule has 4 heteroatoms. The molecule has 0 bridgehead atoms. The van der Waals surface area contributed by atoms with Crippen LogP contribution in [0.3, 0.4) is 0 Å². The Labute approximate surface area is 82.7 Å². The van der Waals surface area contributed by atoms with Crippen LogP contribution in [-0.2, 0) is 11.3 Å². The van der Waals surface area contributed by atoms with Crippen LogP contribution in [0.5, 0.6) is 0 Å². The van der Waals surface area contributed by atoms with E-state index in [2.05, 4.69) is 5.32 Å². The van der Waals surface area contributed by atoms with E-state index in [0.29, 0.717) is 6.54 Å². The van der Waals surface area contributed by atoms with Crippen molar-refractivity contribution in [3.8, 4) is 0 Å². The largest absolute Gasteiger partial charge is 0.480 e. The lowest BCUT2D eigenvalue weighted by Gasteiger charge is -2.11. The third kappa shape index (κ3) is 2.74. The minimum Gasteiger partial charge on any atom is -0.480 e. The first-order chi connectivity index (χ1) is 6.63. The van der Waals surface area contributed by atoms with Crippen molar-refractivity contribution >= 4 is 11.7 Å². The molecule has 0 aromatic heterocycles. The van der Waals surface area contributed by atoms with Crippen LogP contribution in [0.2, 0.25) is 0 Å². The first kappa shape index (κ1) is 10.5. The van der Waals surface area contributed by atoms with E-state index in [-0.39, 0.29) is 0 Å². The van der Waals surface area contributed by atoms with Crippen molar-refractivity contribution < 1.29 is 9.90 Å². The predicted octanol–water partition coefficient (Wildman–Crippen LogP) is 1.03. The molecule has 0 spiro atoms. The minimum absolute atomic E-state index is 0.455. The van der Waals surface area contributed by atoms with Gasteiger partial charge >= 0.3 is 5.97 Å². The van der Waals surface area contributed by atoms with Crippen LogP contribution in [0.25, 0.3) is 0 Å². The quantitative estimate of drug-likeness (QED) is 0.669. The van der Waals surface area contributed by atoms with Crippen LogP contribution in [0.4, 0.5) is 5.69 Å². The number of nitrogens with one attached hydrogen (secondary N) is 1. The summed E-state index contributed by atoms with van der Waals surface area (Å²) in [6.07, 6.45) is 0. The highest BCUT2D eigenvalue weighted by Gasteiger charge is 2.09. The van der Waals surface area contributed by atoms with Gasteiger partial charge in [0.15, 0.2) is 0 Å². The first-order valence-electron chi connectivity index (χ1n) is 4.42. The molecule has 4 N–H and O–H groups in total. The molecule has 0 aliphatic heterocycles. The van der Waals surface area contributed by atoms with Gasteiger partial charge in [-0.15, -0.1) is 0 Å². The maximum atomic E-state index is 10.6. The Morgan fingerprint density at radius 2 is 2.36 bits per heavy atom. The van der Waals surface area contributed by atoms with Crippen molar-refractivity contribution in [1.29, 1.82) is 0 Å². The molecule has 0 aliphatic carbocycles. The second-order valence-corrected chi connectivity index (χ2v) is 3.11. The van der Waals surface area contributed by atoms with E-state index in [1.807, 2.05) is 24.3 Å². The van der Waals surface area contributed by atoms with Crippen LogP contribution in [0.15, 0.2) is 24.3 Å². The second-order valence-electron chi connectivity index (χ2n) is 3.11. The molecule has 0 fully saturated rings. The summed E-state index contributed by atoms with van der Waals surface area (Å²) in [5, 5.41) is 11.5. The van der Waals surface area contributed by atoms with Gasteiger partial charge < -0.3 is 16.2 Å². The van der Waals surface area contributed by atoms with E-state index in [9.17, 15) is 4.79 Å². The number of anilines is 1. The molecule has 1 aromatic carbocycles. The highest BCUT2D eigenvalue weighted by atomic mass is 16.4. The Morgan fingerprint density at radius 3 is 2.93 bits per heavy atom. The van der Waals surface area contributed by atoms with Gasteiger partial charge in [0.1, 0.15) is 6.04 Å². The number of hydrogen-bond acceptors (Lipinski definition) is 3. The highest BCUT2D eigenvalue weighted by Crippen LogP contribution is 2.11. The number of hydrogen-bond donors (Lipinski definition) is 3. The molecule has 4 nitrogen and oxygen atoms in total. The number of aliphatic carboxylic acids is 1. The van der Waals surface area contributed by atoms with Gasteiger partial charge in [0.05, 0.1) is 0 Å². The molecule has 0 saturated carbocycles. The summed E-state index contributed by atoms with van der Waals surface area (Å²) in [7, 11) is 0. The van der Waals surface area contributed by atoms with Crippen LogP contribution < -0.4 is 11.1 Å². The monoisotopic (exact) mass is 194 g/mol. The topological polar surface area (TPSA) is 75.3 Å². The number of rotatable bonds is 4. The Hall–Kier alpha value is -1.55. The average molecular weight is 194 g/mol. The van der Waals surface area contributed by atoms with Crippen molar-refractivity contribution in [3.05, 3.63) is 29.8 Å². The van der Waals surface area contributed by atoms with Crippen molar-refractivity contribution in [3.63, 3.8) is 0 Å². The Bertz CT molecular complexity index is 326. The maximum absolute atomic E-state index is 10.6. The second kappa shape index (κ2) is 4.62. The summed E-state index contributed by atoms with van der Waals surface area (Å²) >= 11 is 0. The van der Waals surface area contributed by atoms with Crippen molar-refractivity contribution in [2.24, 2.45) is 5.73 Å². The van der Waals surface area contributed by atoms with Gasteiger partial charge in [0.2, 0.25) is 0 Å². The van der Waals surface area contributed by atoms with Gasteiger partial charge in [-0.2, -0.15) is 0 Å². The van der Waals surface area contributed by atoms with Crippen molar-refractivity contribution in [2.45, 2.75) is 19.5 Å². The third-order valence-corrected chi connectivity index (χ3v) is 1.92. The molecule has 0 aliphatic rings. The summed E-state index contributed by atoms with van der Waals surface area (Å²) < 4.78 is 0. The summed E-state index contributed by atoms with van der Waals surface area (Å²) in [5.41, 5.74) is 7.22. The zero-order valence-electron chi connectivity index (χ0n) is 8.03. The molecule has 1 atom stereocenters. The van der Waals surface area contributed by atoms with E-state index in [0.717, 1.165) is 11.3 Å². The third-order valence-electron chi connectivity index (χ3n) is 1.92. The predicted molar refractivity (Wildman–Crippen MR) is 55.1 cm³/mol. The van der Waals surface area contributed by atoms with Crippen molar-refractivity contribution in [2.75, 3.05) is 5.32 Å². The molecule has 0 heterocycles. The molecule has 76 valence electrons. The van der Waals surface area contributed by atoms with Crippen LogP contribution in [0, 0.1) is 0 Å². The first-order valence-corrected chi connectivity index (χ1v) is 4.42. The van der Waals surface area contributed by atoms with E-state index in [1.54, 1.807) is 6.92 Å². The Morgan fingerprint density at radius 1 is 1.64 bits per heavy atom. The molecular weight excluding hydrogens is 180 g/mol. The molecule has 0 unspecified atom stereocenters. The fourth-order valence-corrected chi connectivity index (χ4v) is 1.10. The molecule has 1 rings (SSSR count). The van der Waals surface area contributed by atoms with E-state index in [4.69, 9.17) is 10.8 Å². The molecule has 14 heavy (non-hydrogen) atoms. The average Bonchev–Trinajstić information content (AvgIpc) is 2.18. The van der Waals surface area contributed by atoms with Crippen molar-refractivity contribution in [1.82, 2.24) is 0 Å². The van der Waals surface area contributed by atoms with Gasteiger partial charge in [-0.05, 0) is 24.6 Å². The number of benzene rings is 1. The molecule has 0 radical (unpaired) electrons. The normalized spacial score (nSPS) is 12.1. The zero-order valence-corrected chi connectivity index (χ0v) is 8.03. The van der Waals surface area contributed by atoms with Crippen LogP contribution in [-0.4, -0.2) is 17.1 Å².